The summed E-state index contributed by atoms with van der Waals surface area (Å²) in [5.41, 5.74) is -0.814. The van der Waals surface area contributed by atoms with Gasteiger partial charge in [-0.2, -0.15) is 13.2 Å². The molecular formula is C13H7F4N5S2. The number of nitrogens with one attached hydrogen (secondary N) is 1. The molecule has 5 nitrogen and oxygen atoms in total. The fourth-order valence-corrected chi connectivity index (χ4v) is 3.22. The SMILES string of the molecule is Fc1ccccc1Nc1nnc(Sc2ccc(C(F)(F)F)nn2)s1. The molecule has 0 spiro atoms. The van der Waals surface area contributed by atoms with Crippen LogP contribution in [0.1, 0.15) is 5.69 Å². The Bertz CT molecular complexity index is 835. The van der Waals surface area contributed by atoms with Crippen molar-refractivity contribution in [3.05, 3.63) is 47.9 Å². The van der Waals surface area contributed by atoms with Gasteiger partial charge < -0.3 is 5.32 Å². The van der Waals surface area contributed by atoms with Gasteiger partial charge in [-0.05, 0) is 36.0 Å². The third-order valence-corrected chi connectivity index (χ3v) is 4.46. The number of hydrogen-bond donors (Lipinski definition) is 1. The molecule has 24 heavy (non-hydrogen) atoms. The third-order valence-electron chi connectivity index (χ3n) is 2.64. The van der Waals surface area contributed by atoms with Gasteiger partial charge in [-0.3, -0.25) is 0 Å². The average Bonchev–Trinajstić information content (AvgIpc) is 2.96. The summed E-state index contributed by atoms with van der Waals surface area (Å²) in [7, 11) is 0. The first-order valence-electron chi connectivity index (χ1n) is 6.35. The molecule has 0 amide bonds. The molecule has 0 aliphatic heterocycles. The molecule has 0 unspecified atom stereocenters. The fraction of sp³-hybridized carbons (Fsp3) is 0.0769. The van der Waals surface area contributed by atoms with Gasteiger partial charge in [0.1, 0.15) is 10.8 Å². The molecule has 1 N–H and O–H groups in total. The second kappa shape index (κ2) is 6.69. The summed E-state index contributed by atoms with van der Waals surface area (Å²) < 4.78 is 51.2. The molecule has 2 heterocycles. The van der Waals surface area contributed by atoms with Crippen LogP contribution >= 0.6 is 23.1 Å². The van der Waals surface area contributed by atoms with Crippen molar-refractivity contribution < 1.29 is 17.6 Å². The van der Waals surface area contributed by atoms with Crippen molar-refractivity contribution in [3.63, 3.8) is 0 Å². The summed E-state index contributed by atoms with van der Waals surface area (Å²) in [6.45, 7) is 0. The quantitative estimate of drug-likeness (QED) is 0.685. The average molecular weight is 373 g/mol. The van der Waals surface area contributed by atoms with Crippen molar-refractivity contribution in [1.82, 2.24) is 20.4 Å². The third kappa shape index (κ3) is 3.97. The standard InChI is InChI=1S/C13H7F4N5S2/c14-7-3-1-2-4-8(7)18-11-21-22-12(24-11)23-10-6-5-9(19-20-10)13(15,16)17/h1-6H,(H,18,21). The van der Waals surface area contributed by atoms with Gasteiger partial charge in [0, 0.05) is 0 Å². The van der Waals surface area contributed by atoms with Crippen LogP contribution in [-0.4, -0.2) is 20.4 Å². The van der Waals surface area contributed by atoms with Crippen LogP contribution in [-0.2, 0) is 6.18 Å². The van der Waals surface area contributed by atoms with Gasteiger partial charge in [-0.25, -0.2) is 4.39 Å². The number of rotatable bonds is 4. The topological polar surface area (TPSA) is 63.6 Å². The van der Waals surface area contributed by atoms with Crippen molar-refractivity contribution >= 4 is 33.9 Å². The molecule has 2 aromatic heterocycles. The van der Waals surface area contributed by atoms with Crippen LogP contribution in [0.5, 0.6) is 0 Å². The van der Waals surface area contributed by atoms with Crippen LogP contribution in [0.25, 0.3) is 0 Å². The molecule has 124 valence electrons. The zero-order chi connectivity index (χ0) is 17.2. The minimum atomic E-state index is -4.53. The van der Waals surface area contributed by atoms with Crippen LogP contribution in [0.2, 0.25) is 0 Å². The number of para-hydroxylation sites is 1. The Morgan fingerprint density at radius 3 is 2.42 bits per heavy atom. The van der Waals surface area contributed by atoms with Gasteiger partial charge in [0.2, 0.25) is 5.13 Å². The van der Waals surface area contributed by atoms with Gasteiger partial charge in [0.05, 0.1) is 5.69 Å². The van der Waals surface area contributed by atoms with E-state index < -0.39 is 17.7 Å². The predicted molar refractivity (Wildman–Crippen MR) is 80.7 cm³/mol. The molecule has 11 heteroatoms. The van der Waals surface area contributed by atoms with Gasteiger partial charge in [0.25, 0.3) is 0 Å². The maximum Gasteiger partial charge on any atom is 0.435 e. The number of alkyl halides is 3. The van der Waals surface area contributed by atoms with Crippen LogP contribution in [0, 0.1) is 5.82 Å². The number of hydrogen-bond acceptors (Lipinski definition) is 7. The molecule has 0 bridgehead atoms. The Balaban J connectivity index is 1.69. The summed E-state index contributed by atoms with van der Waals surface area (Å²) in [6, 6.07) is 8.12. The minimum Gasteiger partial charge on any atom is -0.328 e. The zero-order valence-corrected chi connectivity index (χ0v) is 13.2. The van der Waals surface area contributed by atoms with E-state index in [1.165, 1.54) is 12.1 Å². The molecule has 3 rings (SSSR count). The van der Waals surface area contributed by atoms with E-state index in [2.05, 4.69) is 25.7 Å². The molecule has 0 aliphatic carbocycles. The molecule has 1 aromatic carbocycles. The molecular weight excluding hydrogens is 366 g/mol. The van der Waals surface area contributed by atoms with Crippen LogP contribution in [0.15, 0.2) is 45.8 Å². The molecule has 3 aromatic rings. The summed E-state index contributed by atoms with van der Waals surface area (Å²) in [5, 5.41) is 17.7. The Kier molecular flexibility index (Phi) is 4.62. The number of anilines is 2. The lowest BCUT2D eigenvalue weighted by atomic mass is 10.3. The van der Waals surface area contributed by atoms with E-state index in [0.717, 1.165) is 29.2 Å². The lowest BCUT2D eigenvalue weighted by molar-refractivity contribution is -0.141. The summed E-state index contributed by atoms with van der Waals surface area (Å²) in [5.74, 6) is -0.435. The second-order valence-electron chi connectivity index (χ2n) is 4.33. The molecule has 0 fully saturated rings. The highest BCUT2D eigenvalue weighted by atomic mass is 32.2. The molecule has 0 saturated carbocycles. The summed E-state index contributed by atoms with van der Waals surface area (Å²) >= 11 is 2.13. The van der Waals surface area contributed by atoms with E-state index in [0.29, 0.717) is 9.47 Å². The van der Waals surface area contributed by atoms with E-state index in [4.69, 9.17) is 0 Å². The summed E-state index contributed by atoms with van der Waals surface area (Å²) in [6.07, 6.45) is -4.53. The highest BCUT2D eigenvalue weighted by Crippen LogP contribution is 2.33. The maximum absolute atomic E-state index is 13.5. The molecule has 0 saturated heterocycles. The number of nitrogens with zero attached hydrogens (tertiary/aromatic N) is 4. The summed E-state index contributed by atoms with van der Waals surface area (Å²) in [4.78, 5) is 0. The number of benzene rings is 1. The Hall–Kier alpha value is -2.27. The van der Waals surface area contributed by atoms with Crippen molar-refractivity contribution in [1.29, 1.82) is 0 Å². The van der Waals surface area contributed by atoms with Crippen molar-refractivity contribution in [2.45, 2.75) is 15.5 Å². The van der Waals surface area contributed by atoms with Gasteiger partial charge in [0.15, 0.2) is 10.0 Å². The lowest BCUT2D eigenvalue weighted by Gasteiger charge is -2.04. The van der Waals surface area contributed by atoms with Gasteiger partial charge >= 0.3 is 6.18 Å². The van der Waals surface area contributed by atoms with E-state index in [1.54, 1.807) is 18.2 Å². The number of halogens is 4. The van der Waals surface area contributed by atoms with Crippen LogP contribution < -0.4 is 5.32 Å². The van der Waals surface area contributed by atoms with E-state index in [9.17, 15) is 17.6 Å². The van der Waals surface area contributed by atoms with Gasteiger partial charge in [-0.15, -0.1) is 20.4 Å². The highest BCUT2D eigenvalue weighted by Gasteiger charge is 2.32. The fourth-order valence-electron chi connectivity index (χ4n) is 1.59. The van der Waals surface area contributed by atoms with Crippen LogP contribution in [0.4, 0.5) is 28.4 Å². The normalized spacial score (nSPS) is 11.5. The Labute approximate surface area is 141 Å². The van der Waals surface area contributed by atoms with E-state index in [1.807, 2.05) is 0 Å². The Morgan fingerprint density at radius 2 is 1.75 bits per heavy atom. The van der Waals surface area contributed by atoms with Crippen molar-refractivity contribution in [3.8, 4) is 0 Å². The number of aromatic nitrogens is 4. The maximum atomic E-state index is 13.5. The lowest BCUT2D eigenvalue weighted by Crippen LogP contribution is -2.08. The first-order valence-corrected chi connectivity index (χ1v) is 7.99. The van der Waals surface area contributed by atoms with Gasteiger partial charge in [-0.1, -0.05) is 23.5 Å². The molecule has 0 radical (unpaired) electrons. The molecule has 0 atom stereocenters. The first kappa shape index (κ1) is 16.6. The zero-order valence-electron chi connectivity index (χ0n) is 11.6. The van der Waals surface area contributed by atoms with E-state index >= 15 is 0 Å². The van der Waals surface area contributed by atoms with Crippen molar-refractivity contribution in [2.75, 3.05) is 5.32 Å². The smallest absolute Gasteiger partial charge is 0.328 e. The first-order chi connectivity index (χ1) is 11.4. The largest absolute Gasteiger partial charge is 0.435 e. The highest BCUT2D eigenvalue weighted by molar-refractivity contribution is 8.01. The minimum absolute atomic E-state index is 0.247. The predicted octanol–water partition coefficient (Wildman–Crippen LogP) is 4.38. The van der Waals surface area contributed by atoms with Crippen molar-refractivity contribution in [2.24, 2.45) is 0 Å². The molecule has 0 aliphatic rings. The van der Waals surface area contributed by atoms with Crippen LogP contribution in [0.3, 0.4) is 0 Å². The Morgan fingerprint density at radius 1 is 0.958 bits per heavy atom. The monoisotopic (exact) mass is 373 g/mol. The second-order valence-corrected chi connectivity index (χ2v) is 6.58. The van der Waals surface area contributed by atoms with E-state index in [-0.39, 0.29) is 10.7 Å².